The van der Waals surface area contributed by atoms with Gasteiger partial charge < -0.3 is 15.2 Å². The Morgan fingerprint density at radius 3 is 2.51 bits per heavy atom. The first-order valence-corrected chi connectivity index (χ1v) is 13.0. The monoisotopic (exact) mass is 584 g/mol. The predicted octanol–water partition coefficient (Wildman–Crippen LogP) is 5.74. The molecule has 0 saturated carbocycles. The minimum absolute atomic E-state index is 0.0420. The number of halogens is 4. The molecule has 1 heterocycles. The molecule has 2 N–H and O–H groups in total. The fourth-order valence-corrected chi connectivity index (χ4v) is 4.54. The first-order valence-electron chi connectivity index (χ1n) is 11.6. The Kier molecular flexibility index (Phi) is 9.56. The molecule has 0 fully saturated rings. The molecule has 3 rings (SSSR count). The van der Waals surface area contributed by atoms with Crippen LogP contribution in [0.1, 0.15) is 48.6 Å². The minimum Gasteiger partial charge on any atom is -0.342 e. The average Bonchev–Trinajstić information content (AvgIpc) is 3.28. The van der Waals surface area contributed by atoms with Crippen molar-refractivity contribution >= 4 is 46.6 Å². The zero-order valence-corrected chi connectivity index (χ0v) is 22.5. The van der Waals surface area contributed by atoms with E-state index in [0.29, 0.717) is 17.5 Å². The molecule has 0 aliphatic carbocycles. The van der Waals surface area contributed by atoms with Gasteiger partial charge in [-0.3, -0.25) is 19.7 Å². The molecule has 10 nitrogen and oxygen atoms in total. The van der Waals surface area contributed by atoms with Gasteiger partial charge in [0.2, 0.25) is 5.91 Å². The molecule has 0 aliphatic rings. The van der Waals surface area contributed by atoms with Crippen molar-refractivity contribution in [3.05, 3.63) is 74.6 Å². The lowest BCUT2D eigenvalue weighted by molar-refractivity contribution is -0.384. The molecule has 0 spiro atoms. The van der Waals surface area contributed by atoms with E-state index in [2.05, 4.69) is 20.8 Å². The number of non-ortho nitro benzene ring substituents is 1. The number of aromatic nitrogens is 3. The number of amides is 2. The van der Waals surface area contributed by atoms with Gasteiger partial charge in [-0.15, -0.1) is 10.2 Å². The van der Waals surface area contributed by atoms with Crippen LogP contribution in [-0.2, 0) is 17.5 Å². The standard InChI is InChI=1S/C24H24ClF3N6O4S/c1-4-33-21(20(13(2)3)30-22(36)14-6-5-7-16(10-14)34(37)38)31-32-23(33)39-12-19(35)29-18-11-15(24(26,27)28)8-9-17(18)25/h5-11,13,20H,4,12H2,1-3H3,(H,29,35)(H,30,36)/t20-/m1/s1. The molecule has 0 unspecified atom stereocenters. The maximum Gasteiger partial charge on any atom is 0.416 e. The second kappa shape index (κ2) is 12.5. The lowest BCUT2D eigenvalue weighted by atomic mass is 10.0. The molecule has 15 heteroatoms. The summed E-state index contributed by atoms with van der Waals surface area (Å²) in [7, 11) is 0. The number of rotatable bonds is 10. The SMILES string of the molecule is CCn1c(SCC(=O)Nc2cc(C(F)(F)F)ccc2Cl)nnc1[C@H](NC(=O)c1cccc([N+](=O)[O-])c1)C(C)C. The molecule has 0 bridgehead atoms. The van der Waals surface area contributed by atoms with Gasteiger partial charge in [-0.25, -0.2) is 0 Å². The lowest BCUT2D eigenvalue weighted by Crippen LogP contribution is -2.33. The number of nitrogens with one attached hydrogen (secondary N) is 2. The van der Waals surface area contributed by atoms with Crippen LogP contribution in [0, 0.1) is 16.0 Å². The van der Waals surface area contributed by atoms with E-state index in [1.54, 1.807) is 4.57 Å². The van der Waals surface area contributed by atoms with Crippen LogP contribution in [0.2, 0.25) is 5.02 Å². The topological polar surface area (TPSA) is 132 Å². The lowest BCUT2D eigenvalue weighted by Gasteiger charge is -2.22. The zero-order chi connectivity index (χ0) is 28.9. The molecule has 2 aromatic carbocycles. The first kappa shape index (κ1) is 29.9. The molecule has 39 heavy (non-hydrogen) atoms. The number of anilines is 1. The van der Waals surface area contributed by atoms with Crippen LogP contribution < -0.4 is 10.6 Å². The summed E-state index contributed by atoms with van der Waals surface area (Å²) in [6.45, 7) is 5.92. The summed E-state index contributed by atoms with van der Waals surface area (Å²) < 4.78 is 40.7. The van der Waals surface area contributed by atoms with Gasteiger partial charge >= 0.3 is 6.18 Å². The normalized spacial score (nSPS) is 12.3. The number of hydrogen-bond acceptors (Lipinski definition) is 7. The number of carbonyl (C=O) groups is 2. The van der Waals surface area contributed by atoms with E-state index in [1.807, 2.05) is 20.8 Å². The smallest absolute Gasteiger partial charge is 0.342 e. The summed E-state index contributed by atoms with van der Waals surface area (Å²) in [6, 6.07) is 7.35. The summed E-state index contributed by atoms with van der Waals surface area (Å²) in [5.74, 6) is -1.07. The number of alkyl halides is 3. The van der Waals surface area contributed by atoms with Crippen molar-refractivity contribution in [2.24, 2.45) is 5.92 Å². The summed E-state index contributed by atoms with van der Waals surface area (Å²) >= 11 is 6.96. The van der Waals surface area contributed by atoms with Gasteiger partial charge in [0.1, 0.15) is 0 Å². The summed E-state index contributed by atoms with van der Waals surface area (Å²) in [5.41, 5.74) is -1.23. The van der Waals surface area contributed by atoms with Gasteiger partial charge in [0, 0.05) is 24.2 Å². The maximum absolute atomic E-state index is 13.0. The van der Waals surface area contributed by atoms with Crippen LogP contribution in [0.3, 0.4) is 0 Å². The molecule has 2 amide bonds. The quantitative estimate of drug-likeness (QED) is 0.176. The van der Waals surface area contributed by atoms with Crippen LogP contribution >= 0.6 is 23.4 Å². The molecule has 0 radical (unpaired) electrons. The van der Waals surface area contributed by atoms with Crippen molar-refractivity contribution in [3.63, 3.8) is 0 Å². The fourth-order valence-electron chi connectivity index (χ4n) is 3.56. The number of nitro groups is 1. The van der Waals surface area contributed by atoms with Crippen LogP contribution in [0.15, 0.2) is 47.6 Å². The molecular formula is C24H24ClF3N6O4S. The zero-order valence-electron chi connectivity index (χ0n) is 21.0. The number of thioether (sulfide) groups is 1. The molecule has 1 atom stereocenters. The van der Waals surface area contributed by atoms with E-state index < -0.39 is 34.5 Å². The Morgan fingerprint density at radius 1 is 1.18 bits per heavy atom. The highest BCUT2D eigenvalue weighted by Gasteiger charge is 2.31. The predicted molar refractivity (Wildman–Crippen MR) is 140 cm³/mol. The average molecular weight is 585 g/mol. The second-order valence-corrected chi connectivity index (χ2v) is 9.97. The molecule has 0 saturated heterocycles. The van der Waals surface area contributed by atoms with Gasteiger partial charge in [-0.1, -0.05) is 43.3 Å². The number of hydrogen-bond donors (Lipinski definition) is 2. The Labute approximate surface area is 230 Å². The van der Waals surface area contributed by atoms with E-state index >= 15 is 0 Å². The number of nitrogens with zero attached hydrogens (tertiary/aromatic N) is 4. The third-order valence-corrected chi connectivity index (χ3v) is 6.81. The summed E-state index contributed by atoms with van der Waals surface area (Å²) in [6.07, 6.45) is -4.59. The highest BCUT2D eigenvalue weighted by molar-refractivity contribution is 7.99. The molecule has 0 aliphatic heterocycles. The van der Waals surface area contributed by atoms with E-state index in [1.165, 1.54) is 24.3 Å². The van der Waals surface area contributed by atoms with Gasteiger partial charge in [0.25, 0.3) is 11.6 Å². The van der Waals surface area contributed by atoms with Crippen LogP contribution in [0.25, 0.3) is 0 Å². The first-order chi connectivity index (χ1) is 18.3. The number of nitro benzene ring substituents is 1. The highest BCUT2D eigenvalue weighted by atomic mass is 35.5. The third-order valence-electron chi connectivity index (χ3n) is 5.51. The van der Waals surface area contributed by atoms with Crippen molar-refractivity contribution < 1.29 is 27.7 Å². The highest BCUT2D eigenvalue weighted by Crippen LogP contribution is 2.34. The van der Waals surface area contributed by atoms with E-state index in [0.717, 1.165) is 30.0 Å². The van der Waals surface area contributed by atoms with Crippen molar-refractivity contribution in [1.29, 1.82) is 0 Å². The fraction of sp³-hybridized carbons (Fsp3) is 0.333. The minimum atomic E-state index is -4.59. The van der Waals surface area contributed by atoms with E-state index in [-0.39, 0.29) is 33.6 Å². The van der Waals surface area contributed by atoms with Gasteiger partial charge in [-0.05, 0) is 37.1 Å². The van der Waals surface area contributed by atoms with Crippen LogP contribution in [0.4, 0.5) is 24.5 Å². The molecule has 3 aromatic rings. The van der Waals surface area contributed by atoms with E-state index in [9.17, 15) is 32.9 Å². The van der Waals surface area contributed by atoms with Gasteiger partial charge in [0.05, 0.1) is 33.0 Å². The molecule has 1 aromatic heterocycles. The second-order valence-electron chi connectivity index (χ2n) is 8.62. The van der Waals surface area contributed by atoms with Gasteiger partial charge in [0.15, 0.2) is 11.0 Å². The molecular weight excluding hydrogens is 561 g/mol. The number of benzene rings is 2. The Balaban J connectivity index is 1.74. The Hall–Kier alpha value is -3.65. The van der Waals surface area contributed by atoms with Crippen molar-refractivity contribution in [1.82, 2.24) is 20.1 Å². The summed E-state index contributed by atoms with van der Waals surface area (Å²) in [5, 5.41) is 24.9. The largest absolute Gasteiger partial charge is 0.416 e. The van der Waals surface area contributed by atoms with Crippen molar-refractivity contribution in [2.45, 2.75) is 44.7 Å². The van der Waals surface area contributed by atoms with Crippen molar-refractivity contribution in [2.75, 3.05) is 11.1 Å². The Morgan fingerprint density at radius 2 is 1.90 bits per heavy atom. The summed E-state index contributed by atoms with van der Waals surface area (Å²) in [4.78, 5) is 35.9. The van der Waals surface area contributed by atoms with E-state index in [4.69, 9.17) is 11.6 Å². The van der Waals surface area contributed by atoms with Crippen LogP contribution in [0.5, 0.6) is 0 Å². The van der Waals surface area contributed by atoms with Crippen molar-refractivity contribution in [3.8, 4) is 0 Å². The van der Waals surface area contributed by atoms with Gasteiger partial charge in [-0.2, -0.15) is 13.2 Å². The third kappa shape index (κ3) is 7.47. The Bertz CT molecular complexity index is 1380. The number of carbonyl (C=O) groups excluding carboxylic acids is 2. The molecule has 208 valence electrons. The van der Waals surface area contributed by atoms with Crippen LogP contribution in [-0.4, -0.2) is 37.3 Å². The maximum atomic E-state index is 13.0.